The van der Waals surface area contributed by atoms with Gasteiger partial charge in [-0.25, -0.2) is 9.59 Å². The molecule has 0 unspecified atom stereocenters. The molecule has 4 atom stereocenters. The molecule has 0 aliphatic rings. The van der Waals surface area contributed by atoms with Crippen LogP contribution in [0.3, 0.4) is 0 Å². The molecule has 14 heteroatoms. The Morgan fingerprint density at radius 3 is 1.83 bits per heavy atom. The SMILES string of the molecule is COC(=O)[C@@H](C)NC(=O)[C@H](COCc1ccccc1)NC(=O)[C@@H](Cc1ccc(OCc2ccccc2)cc1)NC(=O)[C@H](Cc1c[nH]c2ccccc12)NC(=O)OC(C)(C)C. The van der Waals surface area contributed by atoms with Crippen molar-refractivity contribution in [3.8, 4) is 5.75 Å². The van der Waals surface area contributed by atoms with Crippen molar-refractivity contribution in [1.82, 2.24) is 26.3 Å². The van der Waals surface area contributed by atoms with E-state index in [9.17, 15) is 24.0 Å². The Labute approximate surface area is 349 Å². The van der Waals surface area contributed by atoms with E-state index in [4.69, 9.17) is 18.9 Å². The second-order valence-corrected chi connectivity index (χ2v) is 15.3. The van der Waals surface area contributed by atoms with Gasteiger partial charge in [-0.3, -0.25) is 14.4 Å². The Bertz CT molecular complexity index is 2190. The van der Waals surface area contributed by atoms with Gasteiger partial charge in [-0.2, -0.15) is 0 Å². The van der Waals surface area contributed by atoms with Crippen molar-refractivity contribution < 1.29 is 42.9 Å². The van der Waals surface area contributed by atoms with Gasteiger partial charge >= 0.3 is 12.1 Å². The summed E-state index contributed by atoms with van der Waals surface area (Å²) in [5.41, 5.74) is 3.24. The fraction of sp³-hybridized carbons (Fsp3) is 0.326. The fourth-order valence-corrected chi connectivity index (χ4v) is 6.23. The standard InChI is InChI=1S/C46H53N5O9/c1-30(44(55)57-5)48-43(54)40(29-58-27-32-14-8-6-9-15-32)50-41(52)38(24-31-20-22-35(23-21-31)59-28-33-16-10-7-11-17-33)49-42(53)39(51-45(56)60-46(2,3)4)25-34-26-47-37-19-13-12-18-36(34)37/h6-23,26,30,38-40,47H,24-25,27-29H2,1-5H3,(H,48,54)(H,49,53)(H,50,52)(H,51,56)/t30-,38-,39+,40+/m1/s1. The third-order valence-electron chi connectivity index (χ3n) is 9.29. The number of amides is 4. The maximum absolute atomic E-state index is 14.4. The number of rotatable bonds is 19. The van der Waals surface area contributed by atoms with Crippen LogP contribution in [0.5, 0.6) is 5.75 Å². The largest absolute Gasteiger partial charge is 0.489 e. The lowest BCUT2D eigenvalue weighted by Crippen LogP contribution is -2.59. The molecule has 14 nitrogen and oxygen atoms in total. The van der Waals surface area contributed by atoms with Crippen LogP contribution in [-0.2, 0) is 59.4 Å². The molecule has 5 N–H and O–H groups in total. The molecule has 0 radical (unpaired) electrons. The Morgan fingerprint density at radius 2 is 1.20 bits per heavy atom. The summed E-state index contributed by atoms with van der Waals surface area (Å²) in [5, 5.41) is 11.7. The summed E-state index contributed by atoms with van der Waals surface area (Å²) in [4.78, 5) is 70.8. The van der Waals surface area contributed by atoms with E-state index in [1.54, 1.807) is 51.2 Å². The Hall–Kier alpha value is -6.67. The van der Waals surface area contributed by atoms with Gasteiger partial charge in [0.25, 0.3) is 0 Å². The first-order valence-corrected chi connectivity index (χ1v) is 19.7. The zero-order chi connectivity index (χ0) is 43.1. The molecule has 0 fully saturated rings. The predicted molar refractivity (Wildman–Crippen MR) is 226 cm³/mol. The topological polar surface area (TPSA) is 186 Å². The van der Waals surface area contributed by atoms with E-state index in [0.29, 0.717) is 17.9 Å². The molecule has 5 aromatic rings. The van der Waals surface area contributed by atoms with Gasteiger partial charge < -0.3 is 45.2 Å². The molecule has 0 aliphatic carbocycles. The molecule has 0 aliphatic heterocycles. The maximum Gasteiger partial charge on any atom is 0.408 e. The second-order valence-electron chi connectivity index (χ2n) is 15.3. The van der Waals surface area contributed by atoms with Crippen LogP contribution in [0.2, 0.25) is 0 Å². The molecule has 0 saturated carbocycles. The van der Waals surface area contributed by atoms with Crippen molar-refractivity contribution >= 4 is 40.7 Å². The summed E-state index contributed by atoms with van der Waals surface area (Å²) >= 11 is 0. The highest BCUT2D eigenvalue weighted by molar-refractivity contribution is 5.95. The monoisotopic (exact) mass is 819 g/mol. The number of hydrogen-bond acceptors (Lipinski definition) is 9. The molecule has 1 heterocycles. The Balaban J connectivity index is 1.41. The molecule has 316 valence electrons. The first kappa shape index (κ1) is 44.4. The number of carbonyl (C=O) groups is 5. The quantitative estimate of drug-likeness (QED) is 0.0691. The minimum atomic E-state index is -1.29. The highest BCUT2D eigenvalue weighted by Crippen LogP contribution is 2.20. The van der Waals surface area contributed by atoms with Gasteiger partial charge in [-0.15, -0.1) is 0 Å². The highest BCUT2D eigenvalue weighted by atomic mass is 16.6. The van der Waals surface area contributed by atoms with Crippen LogP contribution in [0.1, 0.15) is 49.9 Å². The van der Waals surface area contributed by atoms with Crippen molar-refractivity contribution in [2.75, 3.05) is 13.7 Å². The molecule has 1 aromatic heterocycles. The van der Waals surface area contributed by atoms with E-state index in [1.807, 2.05) is 84.9 Å². The first-order valence-electron chi connectivity index (χ1n) is 19.7. The summed E-state index contributed by atoms with van der Waals surface area (Å²) in [5.74, 6) is -2.18. The summed E-state index contributed by atoms with van der Waals surface area (Å²) in [7, 11) is 1.20. The van der Waals surface area contributed by atoms with Gasteiger partial charge in [-0.05, 0) is 68.1 Å². The number of benzene rings is 4. The van der Waals surface area contributed by atoms with E-state index >= 15 is 0 Å². The van der Waals surface area contributed by atoms with Crippen molar-refractivity contribution in [1.29, 1.82) is 0 Å². The molecule has 4 aromatic carbocycles. The summed E-state index contributed by atoms with van der Waals surface area (Å²) < 4.78 is 22.1. The van der Waals surface area contributed by atoms with Crippen molar-refractivity contribution in [2.45, 2.75) is 83.5 Å². The minimum absolute atomic E-state index is 0.0133. The maximum atomic E-state index is 14.4. The number of fused-ring (bicyclic) bond motifs is 1. The van der Waals surface area contributed by atoms with Crippen molar-refractivity contribution in [2.24, 2.45) is 0 Å². The van der Waals surface area contributed by atoms with Gasteiger partial charge in [0.15, 0.2) is 0 Å². The van der Waals surface area contributed by atoms with E-state index in [1.165, 1.54) is 14.0 Å². The van der Waals surface area contributed by atoms with Crippen molar-refractivity contribution in [3.05, 3.63) is 138 Å². The lowest BCUT2D eigenvalue weighted by molar-refractivity contribution is -0.145. The number of ether oxygens (including phenoxy) is 4. The van der Waals surface area contributed by atoms with Gasteiger partial charge in [0.2, 0.25) is 17.7 Å². The summed E-state index contributed by atoms with van der Waals surface area (Å²) in [6.45, 7) is 6.81. The molecule has 0 saturated heterocycles. The third-order valence-corrected chi connectivity index (χ3v) is 9.29. The summed E-state index contributed by atoms with van der Waals surface area (Å²) in [6, 6.07) is 28.9. The van der Waals surface area contributed by atoms with E-state index in [0.717, 1.165) is 27.6 Å². The minimum Gasteiger partial charge on any atom is -0.489 e. The molecular weight excluding hydrogens is 767 g/mol. The van der Waals surface area contributed by atoms with Crippen molar-refractivity contribution in [3.63, 3.8) is 0 Å². The molecule has 4 amide bonds. The highest BCUT2D eigenvalue weighted by Gasteiger charge is 2.32. The van der Waals surface area contributed by atoms with Crippen LogP contribution >= 0.6 is 0 Å². The van der Waals surface area contributed by atoms with Crippen LogP contribution in [-0.4, -0.2) is 78.3 Å². The normalized spacial score (nSPS) is 13.2. The Kier molecular flexibility index (Phi) is 15.8. The zero-order valence-corrected chi connectivity index (χ0v) is 34.5. The fourth-order valence-electron chi connectivity index (χ4n) is 6.23. The Morgan fingerprint density at radius 1 is 0.633 bits per heavy atom. The molecule has 0 bridgehead atoms. The van der Waals surface area contributed by atoms with E-state index < -0.39 is 59.6 Å². The van der Waals surface area contributed by atoms with E-state index in [2.05, 4.69) is 26.3 Å². The molecule has 0 spiro atoms. The number of methoxy groups -OCH3 is 1. The van der Waals surface area contributed by atoms with Crippen LogP contribution in [0, 0.1) is 0 Å². The average molecular weight is 820 g/mol. The number of H-pyrrole nitrogens is 1. The molecule has 60 heavy (non-hydrogen) atoms. The lowest BCUT2D eigenvalue weighted by Gasteiger charge is -2.27. The number of para-hydroxylation sites is 1. The van der Waals surface area contributed by atoms with Gasteiger partial charge in [0, 0.05) is 29.9 Å². The number of nitrogens with one attached hydrogen (secondary N) is 5. The van der Waals surface area contributed by atoms with Gasteiger partial charge in [0.1, 0.15) is 42.1 Å². The number of aromatic amines is 1. The first-order chi connectivity index (χ1) is 28.8. The third kappa shape index (κ3) is 13.7. The molecular formula is C46H53N5O9. The smallest absolute Gasteiger partial charge is 0.408 e. The predicted octanol–water partition coefficient (Wildman–Crippen LogP) is 5.29. The average Bonchev–Trinajstić information content (AvgIpc) is 3.64. The lowest BCUT2D eigenvalue weighted by atomic mass is 10.0. The van der Waals surface area contributed by atoms with Crippen LogP contribution in [0.4, 0.5) is 4.79 Å². The van der Waals surface area contributed by atoms with Gasteiger partial charge in [0.05, 0.1) is 20.3 Å². The zero-order valence-electron chi connectivity index (χ0n) is 34.5. The van der Waals surface area contributed by atoms with Gasteiger partial charge in [-0.1, -0.05) is 91.0 Å². The number of alkyl carbamates (subject to hydrolysis) is 1. The van der Waals surface area contributed by atoms with Crippen LogP contribution in [0.15, 0.2) is 115 Å². The number of carbonyl (C=O) groups excluding carboxylic acids is 5. The van der Waals surface area contributed by atoms with Crippen LogP contribution < -0.4 is 26.0 Å². The van der Waals surface area contributed by atoms with Crippen LogP contribution in [0.25, 0.3) is 10.9 Å². The molecule has 5 rings (SSSR count). The number of aromatic nitrogens is 1. The second kappa shape index (κ2) is 21.4. The number of hydrogen-bond donors (Lipinski definition) is 5. The van der Waals surface area contributed by atoms with E-state index in [-0.39, 0.29) is 26.1 Å². The summed E-state index contributed by atoms with van der Waals surface area (Å²) in [6.07, 6.45) is 0.990. The number of esters is 1.